The Kier molecular flexibility index (Phi) is 4.88. The summed E-state index contributed by atoms with van der Waals surface area (Å²) in [7, 11) is 0. The highest BCUT2D eigenvalue weighted by Crippen LogP contribution is 2.42. The van der Waals surface area contributed by atoms with Gasteiger partial charge < -0.3 is 14.6 Å². The number of piperidine rings is 1. The molecule has 0 bridgehead atoms. The Morgan fingerprint density at radius 1 is 1.38 bits per heavy atom. The Bertz CT molecular complexity index is 678. The summed E-state index contributed by atoms with van der Waals surface area (Å²) in [6.45, 7) is 9.25. The average molecular weight is 358 g/mol. The van der Waals surface area contributed by atoms with Crippen LogP contribution >= 0.6 is 0 Å². The predicted octanol–water partition coefficient (Wildman–Crippen LogP) is 2.09. The Hall–Kier alpha value is -1.66. The summed E-state index contributed by atoms with van der Waals surface area (Å²) in [5.41, 5.74) is 3.80. The number of rotatable bonds is 3. The van der Waals surface area contributed by atoms with Crippen molar-refractivity contribution in [2.45, 2.75) is 45.1 Å². The minimum atomic E-state index is -0.0392. The Labute approximate surface area is 155 Å². The van der Waals surface area contributed by atoms with Crippen LogP contribution in [-0.2, 0) is 21.5 Å². The fraction of sp³-hybridized carbons (Fsp3) is 0.700. The second-order valence-corrected chi connectivity index (χ2v) is 8.12. The van der Waals surface area contributed by atoms with Crippen LogP contribution in [0.2, 0.25) is 0 Å². The van der Waals surface area contributed by atoms with E-state index in [2.05, 4.69) is 34.7 Å². The van der Waals surface area contributed by atoms with Gasteiger partial charge in [-0.3, -0.25) is 9.69 Å². The number of ether oxygens (including phenoxy) is 1. The largest absolute Gasteiger partial charge is 0.381 e. The first-order valence-corrected chi connectivity index (χ1v) is 9.88. The van der Waals surface area contributed by atoms with Crippen LogP contribution in [0.3, 0.4) is 0 Å². The van der Waals surface area contributed by atoms with E-state index in [4.69, 9.17) is 9.72 Å². The number of nitrogens with one attached hydrogen (secondary N) is 1. The number of amides is 1. The summed E-state index contributed by atoms with van der Waals surface area (Å²) >= 11 is 0. The Morgan fingerprint density at radius 2 is 2.19 bits per heavy atom. The van der Waals surface area contributed by atoms with Crippen LogP contribution in [-0.4, -0.2) is 65.1 Å². The highest BCUT2D eigenvalue weighted by molar-refractivity contribution is 5.79. The van der Waals surface area contributed by atoms with Crippen molar-refractivity contribution >= 4 is 5.91 Å². The van der Waals surface area contributed by atoms with Gasteiger partial charge in [0, 0.05) is 44.9 Å². The van der Waals surface area contributed by atoms with Gasteiger partial charge >= 0.3 is 0 Å². The quantitative estimate of drug-likeness (QED) is 0.841. The van der Waals surface area contributed by atoms with Gasteiger partial charge in [0.15, 0.2) is 0 Å². The normalized spacial score (nSPS) is 25.3. The molecule has 1 aromatic rings. The highest BCUT2D eigenvalue weighted by atomic mass is 16.5. The van der Waals surface area contributed by atoms with Crippen molar-refractivity contribution < 1.29 is 9.53 Å². The van der Waals surface area contributed by atoms with Crippen molar-refractivity contribution in [3.8, 4) is 0 Å². The number of imidazole rings is 1. The lowest BCUT2D eigenvalue weighted by Crippen LogP contribution is -2.57. The number of carbonyl (C=O) groups excluding carboxylic acids is 1. The molecule has 4 heterocycles. The number of hydrogen-bond donors (Lipinski definition) is 1. The van der Waals surface area contributed by atoms with Gasteiger partial charge in [0.2, 0.25) is 5.91 Å². The Balaban J connectivity index is 1.53. The maximum atomic E-state index is 12.8. The molecule has 26 heavy (non-hydrogen) atoms. The molecule has 0 aliphatic carbocycles. The number of aromatic amines is 1. The molecule has 1 N–H and O–H groups in total. The van der Waals surface area contributed by atoms with Crippen molar-refractivity contribution in [1.82, 2.24) is 19.8 Å². The molecule has 2 fully saturated rings. The molecule has 1 amide bonds. The number of carbonyl (C=O) groups is 1. The predicted molar refractivity (Wildman–Crippen MR) is 99.7 cm³/mol. The maximum Gasteiger partial charge on any atom is 0.228 e. The van der Waals surface area contributed by atoms with Crippen molar-refractivity contribution in [3.63, 3.8) is 0 Å². The molecule has 3 aliphatic heterocycles. The first-order chi connectivity index (χ1) is 12.6. The summed E-state index contributed by atoms with van der Waals surface area (Å²) in [5.74, 6) is 0.351. The van der Waals surface area contributed by atoms with E-state index in [1.165, 1.54) is 17.0 Å². The molecule has 0 aromatic carbocycles. The molecular formula is C20H30N4O2. The minimum Gasteiger partial charge on any atom is -0.381 e. The molecule has 0 saturated carbocycles. The summed E-state index contributed by atoms with van der Waals surface area (Å²) < 4.78 is 5.41. The fourth-order valence-corrected chi connectivity index (χ4v) is 4.72. The van der Waals surface area contributed by atoms with Gasteiger partial charge in [0.05, 0.1) is 30.1 Å². The van der Waals surface area contributed by atoms with Gasteiger partial charge in [0.1, 0.15) is 0 Å². The monoisotopic (exact) mass is 358 g/mol. The number of nitrogens with zero attached hydrogens (tertiary/aromatic N) is 3. The smallest absolute Gasteiger partial charge is 0.228 e. The third-order valence-electron chi connectivity index (χ3n) is 6.30. The van der Waals surface area contributed by atoms with Gasteiger partial charge in [-0.15, -0.1) is 0 Å². The van der Waals surface area contributed by atoms with Gasteiger partial charge in [-0.2, -0.15) is 0 Å². The number of likely N-dealkylation sites (tertiary alicyclic amines) is 1. The van der Waals surface area contributed by atoms with E-state index in [1.807, 2.05) is 6.33 Å². The minimum absolute atomic E-state index is 0.0392. The van der Waals surface area contributed by atoms with E-state index in [-0.39, 0.29) is 17.4 Å². The van der Waals surface area contributed by atoms with E-state index in [0.717, 1.165) is 58.5 Å². The van der Waals surface area contributed by atoms with E-state index < -0.39 is 0 Å². The van der Waals surface area contributed by atoms with Gasteiger partial charge in [-0.25, -0.2) is 4.98 Å². The van der Waals surface area contributed by atoms with E-state index in [1.54, 1.807) is 0 Å². The van der Waals surface area contributed by atoms with Crippen LogP contribution in [0.4, 0.5) is 0 Å². The third-order valence-corrected chi connectivity index (χ3v) is 6.30. The molecule has 1 atom stereocenters. The van der Waals surface area contributed by atoms with Crippen molar-refractivity contribution in [2.24, 2.45) is 5.92 Å². The van der Waals surface area contributed by atoms with Gasteiger partial charge in [-0.05, 0) is 33.1 Å². The third kappa shape index (κ3) is 3.09. The molecule has 1 aromatic heterocycles. The lowest BCUT2D eigenvalue weighted by Gasteiger charge is -2.50. The standard InChI is InChI=1S/C20H30N4O2/c1-15(2)3-8-24-9-4-17-18(22-14-21-17)20(24)6-10-23(11-7-20)19(25)16-5-12-26-13-16/h3,14,16H,4-13H2,1-2H3,(H,21,22). The zero-order valence-corrected chi connectivity index (χ0v) is 16.0. The van der Waals surface area contributed by atoms with Crippen molar-refractivity contribution in [3.05, 3.63) is 29.4 Å². The second-order valence-electron chi connectivity index (χ2n) is 8.12. The first-order valence-electron chi connectivity index (χ1n) is 9.88. The highest BCUT2D eigenvalue weighted by Gasteiger charge is 2.47. The zero-order chi connectivity index (χ0) is 18.1. The van der Waals surface area contributed by atoms with Crippen molar-refractivity contribution in [1.29, 1.82) is 0 Å². The van der Waals surface area contributed by atoms with Crippen LogP contribution in [0, 0.1) is 5.92 Å². The van der Waals surface area contributed by atoms with Gasteiger partial charge in [-0.1, -0.05) is 11.6 Å². The first kappa shape index (κ1) is 17.7. The number of allylic oxidation sites excluding steroid dienone is 1. The molecule has 4 rings (SSSR count). The van der Waals surface area contributed by atoms with E-state index in [0.29, 0.717) is 6.61 Å². The summed E-state index contributed by atoms with van der Waals surface area (Å²) in [6.07, 6.45) is 7.96. The lowest BCUT2D eigenvalue weighted by molar-refractivity contribution is -0.138. The molecule has 142 valence electrons. The maximum absolute atomic E-state index is 12.8. The van der Waals surface area contributed by atoms with E-state index >= 15 is 0 Å². The second kappa shape index (κ2) is 7.16. The van der Waals surface area contributed by atoms with Crippen LogP contribution in [0.25, 0.3) is 0 Å². The topological polar surface area (TPSA) is 61.5 Å². The molecule has 1 unspecified atom stereocenters. The molecule has 3 aliphatic rings. The molecule has 2 saturated heterocycles. The average Bonchev–Trinajstić information content (AvgIpc) is 3.33. The van der Waals surface area contributed by atoms with E-state index in [9.17, 15) is 4.79 Å². The van der Waals surface area contributed by atoms with Crippen LogP contribution in [0.15, 0.2) is 18.0 Å². The van der Waals surface area contributed by atoms with Crippen molar-refractivity contribution in [2.75, 3.05) is 39.4 Å². The number of hydrogen-bond acceptors (Lipinski definition) is 4. The van der Waals surface area contributed by atoms with Crippen LogP contribution < -0.4 is 0 Å². The molecular weight excluding hydrogens is 328 g/mol. The number of aromatic nitrogens is 2. The number of H-pyrrole nitrogens is 1. The summed E-state index contributed by atoms with van der Waals surface area (Å²) in [4.78, 5) is 25.5. The van der Waals surface area contributed by atoms with Crippen LogP contribution in [0.1, 0.15) is 44.5 Å². The van der Waals surface area contributed by atoms with Crippen LogP contribution in [0.5, 0.6) is 0 Å². The fourth-order valence-electron chi connectivity index (χ4n) is 4.72. The van der Waals surface area contributed by atoms with Gasteiger partial charge in [0.25, 0.3) is 0 Å². The molecule has 6 nitrogen and oxygen atoms in total. The lowest BCUT2D eigenvalue weighted by atomic mass is 9.78. The summed E-state index contributed by atoms with van der Waals surface area (Å²) in [5, 5.41) is 0. The summed E-state index contributed by atoms with van der Waals surface area (Å²) in [6, 6.07) is 0. The molecule has 1 spiro atoms. The SMILES string of the molecule is CC(C)=CCN1CCc2[nH]cnc2C12CCN(C(=O)C1CCOC1)CC2. The molecule has 0 radical (unpaired) electrons. The zero-order valence-electron chi connectivity index (χ0n) is 16.0. The Morgan fingerprint density at radius 3 is 2.88 bits per heavy atom. The number of fused-ring (bicyclic) bond motifs is 2. The molecule has 6 heteroatoms.